The lowest BCUT2D eigenvalue weighted by molar-refractivity contribution is -0.127. The lowest BCUT2D eigenvalue weighted by Gasteiger charge is -2.14. The smallest absolute Gasteiger partial charge is 0.341 e. The van der Waals surface area contributed by atoms with Gasteiger partial charge in [-0.15, -0.1) is 11.3 Å². The molecule has 0 spiro atoms. The molecule has 246 valence electrons. The number of rotatable bonds is 13. The van der Waals surface area contributed by atoms with Gasteiger partial charge in [-0.05, 0) is 93.4 Å². The highest BCUT2D eigenvalue weighted by molar-refractivity contribution is 7.16. The van der Waals surface area contributed by atoms with Crippen LogP contribution in [0.2, 0.25) is 10.0 Å². The van der Waals surface area contributed by atoms with Gasteiger partial charge in [0.1, 0.15) is 17.4 Å². The second-order valence-electron chi connectivity index (χ2n) is 10.1. The highest BCUT2D eigenvalue weighted by atomic mass is 35.5. The van der Waals surface area contributed by atoms with Crippen LogP contribution in [-0.2, 0) is 16.1 Å². The van der Waals surface area contributed by atoms with E-state index in [1.54, 1.807) is 74.5 Å². The maximum Gasteiger partial charge on any atom is 0.341 e. The van der Waals surface area contributed by atoms with Crippen LogP contribution in [-0.4, -0.2) is 43.8 Å². The molecule has 13 heteroatoms. The molecule has 0 unspecified atom stereocenters. The second kappa shape index (κ2) is 16.3. The van der Waals surface area contributed by atoms with E-state index in [4.69, 9.17) is 42.1 Å². The molecular formula is C34H33Cl2N3O7S. The van der Waals surface area contributed by atoms with Crippen molar-refractivity contribution in [3.8, 4) is 17.2 Å². The summed E-state index contributed by atoms with van der Waals surface area (Å²) in [5.41, 5.74) is 5.23. The first-order valence-corrected chi connectivity index (χ1v) is 16.0. The van der Waals surface area contributed by atoms with E-state index in [9.17, 15) is 14.4 Å². The Bertz CT molecular complexity index is 1770. The van der Waals surface area contributed by atoms with Crippen LogP contribution in [0.15, 0.2) is 65.8 Å². The maximum atomic E-state index is 12.9. The van der Waals surface area contributed by atoms with E-state index >= 15 is 0 Å². The molecule has 0 bridgehead atoms. The predicted octanol–water partition coefficient (Wildman–Crippen LogP) is 7.61. The molecule has 47 heavy (non-hydrogen) atoms. The van der Waals surface area contributed by atoms with Crippen LogP contribution in [0.1, 0.15) is 56.1 Å². The summed E-state index contributed by atoms with van der Waals surface area (Å²) in [4.78, 5) is 38.9. The maximum absolute atomic E-state index is 12.9. The Hall–Kier alpha value is -4.58. The molecule has 0 fully saturated rings. The van der Waals surface area contributed by atoms with Crippen LogP contribution in [0, 0.1) is 13.8 Å². The standard InChI is InChI=1S/C34H33Cl2N3O7S/c1-6-44-34(42)30-19(2)21(4)47-33(30)38-32(41)23-11-13-24(14-12-23)46-20(3)31(40)39-37-17-22-10-15-28(29(16-22)43-5)45-18-25-26(35)8-7-9-27(25)36/h7-17,20H,6,18H2,1-5H3,(H,38,41)(H,39,40)/b37-17-/t20-/m0/s1. The number of aryl methyl sites for hydroxylation is 1. The van der Waals surface area contributed by atoms with E-state index in [0.29, 0.717) is 54.5 Å². The summed E-state index contributed by atoms with van der Waals surface area (Å²) in [6.07, 6.45) is 0.567. The molecule has 10 nitrogen and oxygen atoms in total. The molecule has 0 radical (unpaired) electrons. The monoisotopic (exact) mass is 697 g/mol. The first kappa shape index (κ1) is 35.3. The Kier molecular flexibility index (Phi) is 12.2. The van der Waals surface area contributed by atoms with Gasteiger partial charge < -0.3 is 24.3 Å². The Labute approximate surface area is 286 Å². The number of carbonyl (C=O) groups excluding carboxylic acids is 3. The number of anilines is 1. The fourth-order valence-electron chi connectivity index (χ4n) is 4.25. The number of nitrogens with zero attached hydrogens (tertiary/aromatic N) is 1. The number of carbonyl (C=O) groups is 3. The number of ether oxygens (including phenoxy) is 4. The van der Waals surface area contributed by atoms with Gasteiger partial charge in [-0.2, -0.15) is 5.10 Å². The van der Waals surface area contributed by atoms with E-state index in [1.807, 2.05) is 13.8 Å². The van der Waals surface area contributed by atoms with E-state index in [-0.39, 0.29) is 13.2 Å². The third-order valence-corrected chi connectivity index (χ3v) is 8.73. The quantitative estimate of drug-likeness (QED) is 0.0837. The molecule has 0 aliphatic rings. The Morgan fingerprint density at radius 1 is 1.00 bits per heavy atom. The molecule has 4 rings (SSSR count). The van der Waals surface area contributed by atoms with Crippen molar-refractivity contribution in [2.24, 2.45) is 5.10 Å². The number of benzene rings is 3. The molecule has 0 saturated heterocycles. The molecule has 0 saturated carbocycles. The number of halogens is 2. The van der Waals surface area contributed by atoms with Crippen LogP contribution in [0.4, 0.5) is 5.00 Å². The van der Waals surface area contributed by atoms with Crippen molar-refractivity contribution in [1.29, 1.82) is 0 Å². The molecular weight excluding hydrogens is 665 g/mol. The van der Waals surface area contributed by atoms with Gasteiger partial charge in [-0.1, -0.05) is 29.3 Å². The number of methoxy groups -OCH3 is 1. The zero-order valence-electron chi connectivity index (χ0n) is 26.3. The van der Waals surface area contributed by atoms with Crippen LogP contribution in [0.25, 0.3) is 0 Å². The predicted molar refractivity (Wildman–Crippen MR) is 184 cm³/mol. The minimum absolute atomic E-state index is 0.152. The zero-order valence-corrected chi connectivity index (χ0v) is 28.6. The largest absolute Gasteiger partial charge is 0.493 e. The van der Waals surface area contributed by atoms with Crippen molar-refractivity contribution in [2.45, 2.75) is 40.4 Å². The van der Waals surface area contributed by atoms with Crippen LogP contribution in [0.3, 0.4) is 0 Å². The van der Waals surface area contributed by atoms with E-state index < -0.39 is 23.9 Å². The van der Waals surface area contributed by atoms with Crippen molar-refractivity contribution < 1.29 is 33.3 Å². The first-order valence-electron chi connectivity index (χ1n) is 14.4. The molecule has 1 aromatic heterocycles. The summed E-state index contributed by atoms with van der Waals surface area (Å²) in [7, 11) is 1.51. The van der Waals surface area contributed by atoms with Gasteiger partial charge >= 0.3 is 5.97 Å². The summed E-state index contributed by atoms with van der Waals surface area (Å²) in [5, 5.41) is 8.25. The third kappa shape index (κ3) is 9.03. The van der Waals surface area contributed by atoms with Gasteiger partial charge in [0.25, 0.3) is 11.8 Å². The SMILES string of the molecule is CCOC(=O)c1c(NC(=O)c2ccc(O[C@@H](C)C(=O)N/N=C\c3ccc(OCc4c(Cl)cccc4Cl)c(OC)c3)cc2)sc(C)c1C. The fraction of sp³-hybridized carbons (Fsp3) is 0.235. The molecule has 1 heterocycles. The van der Waals surface area contributed by atoms with Crippen molar-refractivity contribution in [2.75, 3.05) is 19.0 Å². The lowest BCUT2D eigenvalue weighted by atomic mass is 10.1. The average molecular weight is 699 g/mol. The van der Waals surface area contributed by atoms with Gasteiger partial charge in [0.05, 0.1) is 25.5 Å². The van der Waals surface area contributed by atoms with Crippen molar-refractivity contribution in [3.05, 3.63) is 103 Å². The Morgan fingerprint density at radius 2 is 1.70 bits per heavy atom. The molecule has 0 aliphatic carbocycles. The minimum atomic E-state index is -0.891. The van der Waals surface area contributed by atoms with Gasteiger partial charge in [-0.25, -0.2) is 10.2 Å². The van der Waals surface area contributed by atoms with E-state index in [1.165, 1.54) is 24.7 Å². The molecule has 4 aromatic rings. The van der Waals surface area contributed by atoms with Gasteiger partial charge in [-0.3, -0.25) is 9.59 Å². The van der Waals surface area contributed by atoms with E-state index in [2.05, 4.69) is 15.8 Å². The van der Waals surface area contributed by atoms with Crippen molar-refractivity contribution in [3.63, 3.8) is 0 Å². The number of hydrogen-bond donors (Lipinski definition) is 2. The highest BCUT2D eigenvalue weighted by Crippen LogP contribution is 2.34. The van der Waals surface area contributed by atoms with Gasteiger partial charge in [0.2, 0.25) is 0 Å². The fourth-order valence-corrected chi connectivity index (χ4v) is 5.80. The van der Waals surface area contributed by atoms with Crippen molar-refractivity contribution >= 4 is 63.5 Å². The normalized spacial score (nSPS) is 11.6. The van der Waals surface area contributed by atoms with E-state index in [0.717, 1.165) is 10.4 Å². The number of esters is 1. The summed E-state index contributed by atoms with van der Waals surface area (Å²) in [6.45, 7) is 7.37. The number of hydrogen-bond acceptors (Lipinski definition) is 9. The van der Waals surface area contributed by atoms with Crippen LogP contribution in [0.5, 0.6) is 17.2 Å². The summed E-state index contributed by atoms with van der Waals surface area (Å²) < 4.78 is 22.2. The summed E-state index contributed by atoms with van der Waals surface area (Å²) >= 11 is 13.8. The summed E-state index contributed by atoms with van der Waals surface area (Å²) in [6, 6.07) is 16.7. The lowest BCUT2D eigenvalue weighted by Crippen LogP contribution is -2.33. The minimum Gasteiger partial charge on any atom is -0.493 e. The first-order chi connectivity index (χ1) is 22.5. The number of nitrogens with one attached hydrogen (secondary N) is 2. The Morgan fingerprint density at radius 3 is 2.36 bits per heavy atom. The topological polar surface area (TPSA) is 125 Å². The molecule has 2 N–H and O–H groups in total. The Balaban J connectivity index is 1.30. The second-order valence-corrected chi connectivity index (χ2v) is 12.1. The van der Waals surface area contributed by atoms with Crippen LogP contribution < -0.4 is 25.0 Å². The molecule has 3 aromatic carbocycles. The number of thiophene rings is 1. The summed E-state index contributed by atoms with van der Waals surface area (Å²) in [5.74, 6) is -0.0533. The van der Waals surface area contributed by atoms with Crippen LogP contribution >= 0.6 is 34.5 Å². The third-order valence-electron chi connectivity index (χ3n) is 6.90. The zero-order chi connectivity index (χ0) is 34.1. The van der Waals surface area contributed by atoms with Crippen molar-refractivity contribution in [1.82, 2.24) is 5.43 Å². The van der Waals surface area contributed by atoms with Gasteiger partial charge in [0, 0.05) is 26.0 Å². The average Bonchev–Trinajstić information content (AvgIpc) is 3.33. The molecule has 1 atom stereocenters. The number of hydrazone groups is 1. The van der Waals surface area contributed by atoms with Gasteiger partial charge in [0.15, 0.2) is 17.6 Å². The highest BCUT2D eigenvalue weighted by Gasteiger charge is 2.23. The molecule has 0 aliphatic heterocycles. The molecule has 2 amide bonds. The number of amides is 2.